The van der Waals surface area contributed by atoms with Crippen LogP contribution in [0.5, 0.6) is 5.75 Å². The predicted octanol–water partition coefficient (Wildman–Crippen LogP) is 7.35. The van der Waals surface area contributed by atoms with Crippen LogP contribution in [0.4, 0.5) is 5.82 Å². The van der Waals surface area contributed by atoms with Gasteiger partial charge in [-0.05, 0) is 61.9 Å². The van der Waals surface area contributed by atoms with Crippen molar-refractivity contribution in [3.63, 3.8) is 0 Å². The molecule has 0 unspecified atom stereocenters. The molecule has 53 heavy (non-hydrogen) atoms. The molecule has 4 aromatic rings. The van der Waals surface area contributed by atoms with Gasteiger partial charge in [0.2, 0.25) is 5.91 Å². The van der Waals surface area contributed by atoms with Crippen LogP contribution in [-0.4, -0.2) is 60.2 Å². The SMILES string of the molecule is CCC[C@H](C)[C@H](N)C(=O)N[C@@H](C)C(=O)OCCOc1ccc(-c2c(C#N)c(SCc3csc(-c4ccc(Cl)cc4)n3)nc(N3CCCC3)c2C#N)cc1. The highest BCUT2D eigenvalue weighted by Crippen LogP contribution is 2.40. The Morgan fingerprint density at radius 2 is 1.70 bits per heavy atom. The van der Waals surface area contributed by atoms with E-state index < -0.39 is 18.1 Å². The van der Waals surface area contributed by atoms with E-state index in [1.54, 1.807) is 31.2 Å². The van der Waals surface area contributed by atoms with Crippen LogP contribution in [0.25, 0.3) is 21.7 Å². The molecule has 3 atom stereocenters. The van der Waals surface area contributed by atoms with Gasteiger partial charge in [0.15, 0.2) is 0 Å². The summed E-state index contributed by atoms with van der Waals surface area (Å²) in [6.45, 7) is 7.10. The molecule has 0 spiro atoms. The van der Waals surface area contributed by atoms with Crippen molar-refractivity contribution in [1.82, 2.24) is 15.3 Å². The number of nitriles is 2. The van der Waals surface area contributed by atoms with Crippen LogP contribution in [0.3, 0.4) is 0 Å². The van der Waals surface area contributed by atoms with Gasteiger partial charge >= 0.3 is 5.97 Å². The summed E-state index contributed by atoms with van der Waals surface area (Å²) >= 11 is 9.02. The second-order valence-corrected chi connectivity index (χ2v) is 15.0. The van der Waals surface area contributed by atoms with Crippen molar-refractivity contribution in [2.45, 2.75) is 69.3 Å². The molecule has 1 aliphatic rings. The summed E-state index contributed by atoms with van der Waals surface area (Å²) in [6, 6.07) is 17.8. The van der Waals surface area contributed by atoms with Crippen LogP contribution in [0.1, 0.15) is 63.3 Å². The summed E-state index contributed by atoms with van der Waals surface area (Å²) in [5.74, 6) is 0.607. The van der Waals surface area contributed by atoms with E-state index >= 15 is 0 Å². The highest BCUT2D eigenvalue weighted by molar-refractivity contribution is 7.98. The quantitative estimate of drug-likeness (QED) is 0.0664. The molecule has 2 aromatic heterocycles. The van der Waals surface area contributed by atoms with Crippen LogP contribution in [-0.2, 0) is 20.1 Å². The number of halogens is 1. The number of aromatic nitrogens is 2. The first-order chi connectivity index (χ1) is 25.6. The molecular formula is C39H42ClN7O4S2. The lowest BCUT2D eigenvalue weighted by atomic mass is 9.96. The number of ether oxygens (including phenoxy) is 2. The maximum absolute atomic E-state index is 12.5. The van der Waals surface area contributed by atoms with E-state index in [2.05, 4.69) is 22.4 Å². The number of carbonyl (C=O) groups is 2. The lowest BCUT2D eigenvalue weighted by molar-refractivity contribution is -0.148. The summed E-state index contributed by atoms with van der Waals surface area (Å²) in [6.07, 6.45) is 3.72. The average molecular weight is 772 g/mol. The number of rotatable bonds is 16. The summed E-state index contributed by atoms with van der Waals surface area (Å²) in [5, 5.41) is 27.6. The standard InChI is InChI=1S/C39H42ClN7O4S2/c1-4-7-24(2)34(43)36(48)44-25(3)39(49)51-19-18-50-30-14-10-26(11-15-30)33-31(20-41)35(47-16-5-6-17-47)46-38(32(33)21-42)53-23-29-22-52-37(45-29)27-8-12-28(40)13-9-27/h8-15,22,24-25,34H,4-7,16-19,23,43H2,1-3H3,(H,44,48)/t24-,25-,34-/m0/s1. The summed E-state index contributed by atoms with van der Waals surface area (Å²) in [5.41, 5.74) is 9.75. The van der Waals surface area contributed by atoms with Gasteiger partial charge in [0.25, 0.3) is 0 Å². The molecule has 3 N–H and O–H groups in total. The minimum Gasteiger partial charge on any atom is -0.490 e. The van der Waals surface area contributed by atoms with E-state index in [1.807, 2.05) is 43.5 Å². The van der Waals surface area contributed by atoms with Crippen molar-refractivity contribution in [3.05, 3.63) is 75.8 Å². The average Bonchev–Trinajstić information content (AvgIpc) is 3.89. The number of anilines is 1. The third-order valence-electron chi connectivity index (χ3n) is 8.89. The van der Waals surface area contributed by atoms with Gasteiger partial charge in [-0.2, -0.15) is 10.5 Å². The molecule has 0 aliphatic carbocycles. The van der Waals surface area contributed by atoms with E-state index in [0.717, 1.165) is 55.0 Å². The highest BCUT2D eigenvalue weighted by Gasteiger charge is 2.27. The molecule has 0 bridgehead atoms. The van der Waals surface area contributed by atoms with Crippen LogP contribution < -0.4 is 20.7 Å². The second-order valence-electron chi connectivity index (χ2n) is 12.8. The van der Waals surface area contributed by atoms with E-state index in [1.165, 1.54) is 23.1 Å². The van der Waals surface area contributed by atoms with Crippen LogP contribution in [0, 0.1) is 28.6 Å². The van der Waals surface area contributed by atoms with Gasteiger partial charge < -0.3 is 25.4 Å². The van der Waals surface area contributed by atoms with Crippen molar-refractivity contribution in [1.29, 1.82) is 10.5 Å². The zero-order chi connectivity index (χ0) is 37.9. The number of thiazole rings is 1. The summed E-state index contributed by atoms with van der Waals surface area (Å²) in [4.78, 5) is 36.7. The van der Waals surface area contributed by atoms with Gasteiger partial charge in [0, 0.05) is 40.4 Å². The maximum Gasteiger partial charge on any atom is 0.328 e. The van der Waals surface area contributed by atoms with Crippen LogP contribution in [0.15, 0.2) is 58.9 Å². The number of hydrogen-bond donors (Lipinski definition) is 2. The number of esters is 1. The zero-order valence-corrected chi connectivity index (χ0v) is 32.3. The van der Waals surface area contributed by atoms with Crippen molar-refractivity contribution >= 4 is 52.4 Å². The normalized spacial score (nSPS) is 14.1. The summed E-state index contributed by atoms with van der Waals surface area (Å²) in [7, 11) is 0. The molecule has 14 heteroatoms. The first-order valence-corrected chi connectivity index (χ1v) is 19.8. The van der Waals surface area contributed by atoms with Gasteiger partial charge in [-0.15, -0.1) is 11.3 Å². The van der Waals surface area contributed by atoms with E-state index in [4.69, 9.17) is 36.8 Å². The molecule has 5 rings (SSSR count). The monoisotopic (exact) mass is 771 g/mol. The maximum atomic E-state index is 12.5. The number of amides is 1. The van der Waals surface area contributed by atoms with Gasteiger partial charge in [-0.3, -0.25) is 4.79 Å². The number of hydrogen-bond acceptors (Lipinski definition) is 12. The first-order valence-electron chi connectivity index (χ1n) is 17.6. The molecule has 1 amide bonds. The largest absolute Gasteiger partial charge is 0.490 e. The van der Waals surface area contributed by atoms with Gasteiger partial charge in [-0.25, -0.2) is 14.8 Å². The molecule has 1 fully saturated rings. The molecule has 3 heterocycles. The Hall–Kier alpha value is -4.66. The fourth-order valence-corrected chi connectivity index (χ4v) is 7.89. The Kier molecular flexibility index (Phi) is 14.1. The first kappa shape index (κ1) is 39.5. The van der Waals surface area contributed by atoms with Crippen molar-refractivity contribution in [2.75, 3.05) is 31.2 Å². The van der Waals surface area contributed by atoms with Crippen molar-refractivity contribution in [3.8, 4) is 39.6 Å². The van der Waals surface area contributed by atoms with E-state index in [-0.39, 0.29) is 25.0 Å². The van der Waals surface area contributed by atoms with E-state index in [0.29, 0.717) is 49.6 Å². The topological polar surface area (TPSA) is 167 Å². The molecule has 1 aliphatic heterocycles. The number of carbonyl (C=O) groups excluding carboxylic acids is 2. The van der Waals surface area contributed by atoms with E-state index in [9.17, 15) is 20.1 Å². The van der Waals surface area contributed by atoms with Gasteiger partial charge in [0.05, 0.1) is 17.3 Å². The Labute approximate surface area is 323 Å². The minimum absolute atomic E-state index is 0.00264. The Bertz CT molecular complexity index is 1970. The third kappa shape index (κ3) is 10.1. The number of nitrogens with two attached hydrogens (primary N) is 1. The lowest BCUT2D eigenvalue weighted by Gasteiger charge is -2.22. The third-order valence-corrected chi connectivity index (χ3v) is 11.1. The molecule has 2 aromatic carbocycles. The summed E-state index contributed by atoms with van der Waals surface area (Å²) < 4.78 is 11.1. The Morgan fingerprint density at radius 3 is 2.36 bits per heavy atom. The molecule has 1 saturated heterocycles. The van der Waals surface area contributed by atoms with Crippen molar-refractivity contribution in [2.24, 2.45) is 11.7 Å². The van der Waals surface area contributed by atoms with Crippen LogP contribution >= 0.6 is 34.7 Å². The fourth-order valence-electron chi connectivity index (χ4n) is 5.96. The zero-order valence-electron chi connectivity index (χ0n) is 29.9. The number of thioether (sulfide) groups is 1. The van der Waals surface area contributed by atoms with Gasteiger partial charge in [0.1, 0.15) is 58.6 Å². The predicted molar refractivity (Wildman–Crippen MR) is 209 cm³/mol. The molecule has 11 nitrogen and oxygen atoms in total. The molecule has 0 radical (unpaired) electrons. The minimum atomic E-state index is -0.854. The number of nitrogens with one attached hydrogen (secondary N) is 1. The Morgan fingerprint density at radius 1 is 1.02 bits per heavy atom. The van der Waals surface area contributed by atoms with Crippen molar-refractivity contribution < 1.29 is 19.1 Å². The Balaban J connectivity index is 1.27. The molecular weight excluding hydrogens is 730 g/mol. The fraction of sp³-hybridized carbons (Fsp3) is 0.385. The van der Waals surface area contributed by atoms with Gasteiger partial charge in [-0.1, -0.05) is 67.9 Å². The van der Waals surface area contributed by atoms with Crippen LogP contribution in [0.2, 0.25) is 5.02 Å². The molecule has 276 valence electrons. The number of benzene rings is 2. The smallest absolute Gasteiger partial charge is 0.328 e. The highest BCUT2D eigenvalue weighted by atomic mass is 35.5. The number of pyridine rings is 1. The second kappa shape index (κ2) is 18.9. The molecule has 0 saturated carbocycles. The lowest BCUT2D eigenvalue weighted by Crippen LogP contribution is -2.50. The number of nitrogens with zero attached hydrogens (tertiary/aromatic N) is 5.